The molecule has 20 heavy (non-hydrogen) atoms. The average Bonchev–Trinajstić information content (AvgIpc) is 2.45. The lowest BCUT2D eigenvalue weighted by Gasteiger charge is -2.39. The summed E-state index contributed by atoms with van der Waals surface area (Å²) in [5.74, 6) is -0.167. The molecule has 1 fully saturated rings. The molecule has 1 aromatic rings. The van der Waals surface area contributed by atoms with Gasteiger partial charge in [-0.3, -0.25) is 4.90 Å². The number of hydrogen-bond donors (Lipinski definition) is 1. The van der Waals surface area contributed by atoms with Gasteiger partial charge in [0.05, 0.1) is 6.04 Å². The quantitative estimate of drug-likeness (QED) is 0.891. The van der Waals surface area contributed by atoms with Crippen LogP contribution in [-0.4, -0.2) is 49.1 Å². The first-order chi connectivity index (χ1) is 9.65. The van der Waals surface area contributed by atoms with Gasteiger partial charge in [0.25, 0.3) is 0 Å². The molecule has 0 radical (unpaired) electrons. The van der Waals surface area contributed by atoms with Gasteiger partial charge in [0.2, 0.25) is 0 Å². The van der Waals surface area contributed by atoms with E-state index in [4.69, 9.17) is 5.73 Å². The highest BCUT2D eigenvalue weighted by molar-refractivity contribution is 9.10. The molecule has 0 saturated carbocycles. The molecule has 0 aromatic heterocycles. The Balaban J connectivity index is 2.07. The van der Waals surface area contributed by atoms with Crippen LogP contribution in [0.2, 0.25) is 0 Å². The SMILES string of the molecule is CCCN1CCN(C(CN)c2cc(Br)ccc2F)CC1. The predicted octanol–water partition coefficient (Wildman–Crippen LogP) is 2.62. The van der Waals surface area contributed by atoms with Crippen LogP contribution in [0.3, 0.4) is 0 Å². The standard InChI is InChI=1S/C15H23BrFN3/c1-2-5-19-6-8-20(9-7-19)15(11-18)13-10-12(16)3-4-14(13)17/h3-4,10,15H,2,5-9,11,18H2,1H3. The van der Waals surface area contributed by atoms with E-state index in [0.29, 0.717) is 12.1 Å². The number of nitrogens with zero attached hydrogens (tertiary/aromatic N) is 2. The van der Waals surface area contributed by atoms with Crippen LogP contribution in [0.4, 0.5) is 4.39 Å². The van der Waals surface area contributed by atoms with Crippen LogP contribution < -0.4 is 5.73 Å². The van der Waals surface area contributed by atoms with Gasteiger partial charge in [-0.25, -0.2) is 4.39 Å². The Morgan fingerprint density at radius 1 is 1.30 bits per heavy atom. The Bertz CT molecular complexity index is 433. The van der Waals surface area contributed by atoms with Crippen molar-refractivity contribution in [3.63, 3.8) is 0 Å². The minimum Gasteiger partial charge on any atom is -0.329 e. The molecule has 0 spiro atoms. The Kier molecular flexibility index (Phi) is 5.96. The van der Waals surface area contributed by atoms with Crippen molar-refractivity contribution in [3.8, 4) is 0 Å². The predicted molar refractivity (Wildman–Crippen MR) is 84.2 cm³/mol. The second kappa shape index (κ2) is 7.50. The zero-order valence-electron chi connectivity index (χ0n) is 12.0. The van der Waals surface area contributed by atoms with Gasteiger partial charge in [0, 0.05) is 42.8 Å². The van der Waals surface area contributed by atoms with E-state index in [2.05, 4.69) is 32.7 Å². The number of rotatable bonds is 5. The molecule has 1 aromatic carbocycles. The zero-order valence-corrected chi connectivity index (χ0v) is 13.6. The molecule has 1 aliphatic rings. The van der Waals surface area contributed by atoms with E-state index in [1.807, 2.05) is 6.07 Å². The van der Waals surface area contributed by atoms with Crippen LogP contribution in [0, 0.1) is 5.82 Å². The first-order valence-electron chi connectivity index (χ1n) is 7.27. The van der Waals surface area contributed by atoms with Crippen molar-refractivity contribution in [1.82, 2.24) is 9.80 Å². The second-order valence-electron chi connectivity index (χ2n) is 5.29. The van der Waals surface area contributed by atoms with E-state index in [-0.39, 0.29) is 11.9 Å². The van der Waals surface area contributed by atoms with E-state index in [1.165, 1.54) is 12.5 Å². The maximum Gasteiger partial charge on any atom is 0.128 e. The summed E-state index contributed by atoms with van der Waals surface area (Å²) >= 11 is 3.41. The third kappa shape index (κ3) is 3.79. The van der Waals surface area contributed by atoms with Gasteiger partial charge in [-0.15, -0.1) is 0 Å². The first kappa shape index (κ1) is 15.9. The van der Waals surface area contributed by atoms with Crippen molar-refractivity contribution in [2.75, 3.05) is 39.3 Å². The van der Waals surface area contributed by atoms with E-state index < -0.39 is 0 Å². The van der Waals surface area contributed by atoms with Crippen molar-refractivity contribution in [2.24, 2.45) is 5.73 Å². The molecule has 0 aliphatic carbocycles. The summed E-state index contributed by atoms with van der Waals surface area (Å²) in [6.07, 6.45) is 1.18. The lowest BCUT2D eigenvalue weighted by Crippen LogP contribution is -2.49. The van der Waals surface area contributed by atoms with Gasteiger partial charge in [-0.2, -0.15) is 0 Å². The fraction of sp³-hybridized carbons (Fsp3) is 0.600. The van der Waals surface area contributed by atoms with Crippen molar-refractivity contribution in [2.45, 2.75) is 19.4 Å². The summed E-state index contributed by atoms with van der Waals surface area (Å²) < 4.78 is 14.9. The Labute approximate surface area is 129 Å². The third-order valence-corrected chi connectivity index (χ3v) is 4.42. The molecule has 1 atom stereocenters. The highest BCUT2D eigenvalue weighted by Crippen LogP contribution is 2.26. The summed E-state index contributed by atoms with van der Waals surface area (Å²) in [6, 6.07) is 5.06. The molecule has 1 aliphatic heterocycles. The maximum atomic E-state index is 14.0. The number of halogens is 2. The molecular weight excluding hydrogens is 321 g/mol. The van der Waals surface area contributed by atoms with Gasteiger partial charge in [0.15, 0.2) is 0 Å². The van der Waals surface area contributed by atoms with Crippen LogP contribution >= 0.6 is 15.9 Å². The van der Waals surface area contributed by atoms with E-state index in [1.54, 1.807) is 6.07 Å². The first-order valence-corrected chi connectivity index (χ1v) is 8.06. The number of hydrogen-bond acceptors (Lipinski definition) is 3. The second-order valence-corrected chi connectivity index (χ2v) is 6.21. The monoisotopic (exact) mass is 343 g/mol. The summed E-state index contributed by atoms with van der Waals surface area (Å²) in [7, 11) is 0. The van der Waals surface area contributed by atoms with Crippen LogP contribution in [-0.2, 0) is 0 Å². The minimum atomic E-state index is -0.167. The Hall–Kier alpha value is -0.490. The Morgan fingerprint density at radius 3 is 2.60 bits per heavy atom. The average molecular weight is 344 g/mol. The van der Waals surface area contributed by atoms with Gasteiger partial charge < -0.3 is 10.6 Å². The number of nitrogens with two attached hydrogens (primary N) is 1. The van der Waals surface area contributed by atoms with Crippen LogP contribution in [0.25, 0.3) is 0 Å². The van der Waals surface area contributed by atoms with E-state index in [9.17, 15) is 4.39 Å². The molecule has 112 valence electrons. The molecule has 0 bridgehead atoms. The zero-order chi connectivity index (χ0) is 14.5. The Morgan fingerprint density at radius 2 is 2.00 bits per heavy atom. The van der Waals surface area contributed by atoms with Crippen LogP contribution in [0.1, 0.15) is 24.9 Å². The molecule has 1 unspecified atom stereocenters. The minimum absolute atomic E-state index is 0.0312. The molecule has 0 amide bonds. The van der Waals surface area contributed by atoms with E-state index in [0.717, 1.165) is 37.2 Å². The highest BCUT2D eigenvalue weighted by atomic mass is 79.9. The summed E-state index contributed by atoms with van der Waals surface area (Å²) in [5.41, 5.74) is 6.61. The smallest absolute Gasteiger partial charge is 0.128 e. The van der Waals surface area contributed by atoms with E-state index >= 15 is 0 Å². The summed E-state index contributed by atoms with van der Waals surface area (Å²) in [4.78, 5) is 4.76. The van der Waals surface area contributed by atoms with Crippen molar-refractivity contribution < 1.29 is 4.39 Å². The van der Waals surface area contributed by atoms with Gasteiger partial charge >= 0.3 is 0 Å². The maximum absolute atomic E-state index is 14.0. The largest absolute Gasteiger partial charge is 0.329 e. The lowest BCUT2D eigenvalue weighted by atomic mass is 10.0. The van der Waals surface area contributed by atoms with Crippen molar-refractivity contribution in [3.05, 3.63) is 34.1 Å². The summed E-state index contributed by atoms with van der Waals surface area (Å²) in [5, 5.41) is 0. The van der Waals surface area contributed by atoms with Gasteiger partial charge in [-0.1, -0.05) is 22.9 Å². The highest BCUT2D eigenvalue weighted by Gasteiger charge is 2.25. The molecule has 3 nitrogen and oxygen atoms in total. The van der Waals surface area contributed by atoms with Crippen LogP contribution in [0.5, 0.6) is 0 Å². The molecule has 2 N–H and O–H groups in total. The number of piperazine rings is 1. The molecule has 2 rings (SSSR count). The van der Waals surface area contributed by atoms with Crippen molar-refractivity contribution in [1.29, 1.82) is 0 Å². The van der Waals surface area contributed by atoms with Gasteiger partial charge in [-0.05, 0) is 31.2 Å². The lowest BCUT2D eigenvalue weighted by molar-refractivity contribution is 0.0971. The van der Waals surface area contributed by atoms with Gasteiger partial charge in [0.1, 0.15) is 5.82 Å². The molecular formula is C15H23BrFN3. The number of benzene rings is 1. The fourth-order valence-corrected chi connectivity index (χ4v) is 3.24. The van der Waals surface area contributed by atoms with Crippen molar-refractivity contribution >= 4 is 15.9 Å². The topological polar surface area (TPSA) is 32.5 Å². The molecule has 1 heterocycles. The molecule has 5 heteroatoms. The van der Waals surface area contributed by atoms with Crippen LogP contribution in [0.15, 0.2) is 22.7 Å². The molecule has 1 saturated heterocycles. The third-order valence-electron chi connectivity index (χ3n) is 3.93. The fourth-order valence-electron chi connectivity index (χ4n) is 2.86. The summed E-state index contributed by atoms with van der Waals surface area (Å²) in [6.45, 7) is 7.78. The normalized spacial score (nSPS) is 19.2.